The Morgan fingerprint density at radius 3 is 2.76 bits per heavy atom. The van der Waals surface area contributed by atoms with E-state index in [1.54, 1.807) is 16.4 Å². The largest absolute Gasteiger partial charge is 0.315 e. The van der Waals surface area contributed by atoms with Crippen LogP contribution < -0.4 is 5.32 Å². The number of sulfonamides is 1. The Balaban J connectivity index is 2.21. The number of aryl methyl sites for hydroxylation is 1. The summed E-state index contributed by atoms with van der Waals surface area (Å²) in [4.78, 5) is 0.451. The normalized spacial score (nSPS) is 20.6. The lowest BCUT2D eigenvalue weighted by Crippen LogP contribution is -2.48. The van der Waals surface area contributed by atoms with Gasteiger partial charge in [-0.05, 0) is 44.4 Å². The van der Waals surface area contributed by atoms with E-state index in [2.05, 4.69) is 12.2 Å². The summed E-state index contributed by atoms with van der Waals surface area (Å²) in [5.41, 5.74) is 0.823. The minimum atomic E-state index is -3.39. The fourth-order valence-electron chi connectivity index (χ4n) is 2.91. The Morgan fingerprint density at radius 2 is 2.05 bits per heavy atom. The molecule has 5 heteroatoms. The maximum Gasteiger partial charge on any atom is 0.243 e. The van der Waals surface area contributed by atoms with E-state index < -0.39 is 10.0 Å². The predicted molar refractivity (Wildman–Crippen MR) is 85.9 cm³/mol. The van der Waals surface area contributed by atoms with Crippen molar-refractivity contribution in [1.82, 2.24) is 9.62 Å². The van der Waals surface area contributed by atoms with E-state index in [1.165, 1.54) is 0 Å². The Morgan fingerprint density at radius 1 is 1.29 bits per heavy atom. The van der Waals surface area contributed by atoms with Gasteiger partial charge in [0, 0.05) is 19.1 Å². The van der Waals surface area contributed by atoms with Crippen molar-refractivity contribution in [2.45, 2.75) is 50.5 Å². The summed E-state index contributed by atoms with van der Waals surface area (Å²) in [5.74, 6) is 0. The Bertz CT molecular complexity index is 557. The summed E-state index contributed by atoms with van der Waals surface area (Å²) in [6.07, 6.45) is 4.08. The molecule has 1 N–H and O–H groups in total. The average Bonchev–Trinajstić information content (AvgIpc) is 2.48. The highest BCUT2D eigenvalue weighted by molar-refractivity contribution is 7.89. The zero-order valence-corrected chi connectivity index (χ0v) is 13.8. The van der Waals surface area contributed by atoms with Gasteiger partial charge in [-0.3, -0.25) is 0 Å². The highest BCUT2D eigenvalue weighted by atomic mass is 32.2. The molecule has 0 radical (unpaired) electrons. The van der Waals surface area contributed by atoms with Gasteiger partial charge >= 0.3 is 0 Å². The second-order valence-electron chi connectivity index (χ2n) is 5.73. The van der Waals surface area contributed by atoms with Crippen LogP contribution >= 0.6 is 0 Å². The molecule has 1 aromatic rings. The number of nitrogens with one attached hydrogen (secondary N) is 1. The molecular weight excluding hydrogens is 284 g/mol. The van der Waals surface area contributed by atoms with Gasteiger partial charge in [0.1, 0.15) is 0 Å². The smallest absolute Gasteiger partial charge is 0.243 e. The van der Waals surface area contributed by atoms with Crippen molar-refractivity contribution < 1.29 is 8.42 Å². The fourth-order valence-corrected chi connectivity index (χ4v) is 4.83. The molecule has 1 fully saturated rings. The number of piperidine rings is 1. The van der Waals surface area contributed by atoms with Crippen LogP contribution in [0.3, 0.4) is 0 Å². The molecule has 118 valence electrons. The van der Waals surface area contributed by atoms with Crippen LogP contribution in [-0.2, 0) is 10.0 Å². The van der Waals surface area contributed by atoms with E-state index in [-0.39, 0.29) is 6.04 Å². The molecule has 1 heterocycles. The predicted octanol–water partition coefficient (Wildman–Crippen LogP) is 2.54. The van der Waals surface area contributed by atoms with Crippen molar-refractivity contribution >= 4 is 10.0 Å². The minimum absolute atomic E-state index is 0.0786. The second-order valence-corrected chi connectivity index (χ2v) is 7.59. The van der Waals surface area contributed by atoms with Gasteiger partial charge in [0.2, 0.25) is 10.0 Å². The molecule has 0 amide bonds. The first kappa shape index (κ1) is 16.5. The van der Waals surface area contributed by atoms with Gasteiger partial charge < -0.3 is 5.32 Å². The lowest BCUT2D eigenvalue weighted by atomic mass is 10.1. The zero-order chi connectivity index (χ0) is 15.3. The van der Waals surface area contributed by atoms with Gasteiger partial charge in [-0.15, -0.1) is 0 Å². The molecule has 0 spiro atoms. The van der Waals surface area contributed by atoms with Crippen molar-refractivity contribution in [2.75, 3.05) is 19.6 Å². The van der Waals surface area contributed by atoms with Crippen molar-refractivity contribution in [1.29, 1.82) is 0 Å². The SMILES string of the molecule is CCCNCC1CCCCN1S(=O)(=O)c1ccccc1C. The van der Waals surface area contributed by atoms with Crippen molar-refractivity contribution in [3.63, 3.8) is 0 Å². The standard InChI is InChI=1S/C16H26N2O2S/c1-3-11-17-13-15-9-6-7-12-18(15)21(19,20)16-10-5-4-8-14(16)2/h4-5,8,10,15,17H,3,6-7,9,11-13H2,1-2H3. The Hall–Kier alpha value is -0.910. The van der Waals surface area contributed by atoms with Crippen LogP contribution in [0.2, 0.25) is 0 Å². The first-order chi connectivity index (χ1) is 10.1. The number of hydrogen-bond donors (Lipinski definition) is 1. The third kappa shape index (κ3) is 3.84. The molecule has 1 atom stereocenters. The van der Waals surface area contributed by atoms with Crippen LogP contribution in [-0.4, -0.2) is 38.4 Å². The molecule has 4 nitrogen and oxygen atoms in total. The fraction of sp³-hybridized carbons (Fsp3) is 0.625. The van der Waals surface area contributed by atoms with E-state index in [0.717, 1.165) is 44.3 Å². The molecule has 0 aromatic heterocycles. The van der Waals surface area contributed by atoms with Crippen LogP contribution in [0.5, 0.6) is 0 Å². The highest BCUT2D eigenvalue weighted by Gasteiger charge is 2.33. The van der Waals surface area contributed by atoms with Crippen LogP contribution in [0.15, 0.2) is 29.2 Å². The zero-order valence-electron chi connectivity index (χ0n) is 13.0. The maximum absolute atomic E-state index is 12.9. The van der Waals surface area contributed by atoms with Crippen LogP contribution in [0.4, 0.5) is 0 Å². The third-order valence-electron chi connectivity index (χ3n) is 4.06. The molecule has 1 aliphatic rings. The van der Waals surface area contributed by atoms with Gasteiger partial charge in [0.15, 0.2) is 0 Å². The van der Waals surface area contributed by atoms with E-state index in [9.17, 15) is 8.42 Å². The summed E-state index contributed by atoms with van der Waals surface area (Å²) in [7, 11) is -3.39. The monoisotopic (exact) mass is 310 g/mol. The summed E-state index contributed by atoms with van der Waals surface area (Å²) < 4.78 is 27.6. The molecule has 0 aliphatic carbocycles. The molecule has 1 saturated heterocycles. The molecule has 2 rings (SSSR count). The van der Waals surface area contributed by atoms with Gasteiger partial charge in [0.25, 0.3) is 0 Å². The minimum Gasteiger partial charge on any atom is -0.315 e. The summed E-state index contributed by atoms with van der Waals surface area (Å²) in [5, 5.41) is 3.37. The summed E-state index contributed by atoms with van der Waals surface area (Å²) in [6.45, 7) is 6.31. The first-order valence-corrected chi connectivity index (χ1v) is 9.29. The van der Waals surface area contributed by atoms with Gasteiger partial charge in [-0.2, -0.15) is 4.31 Å². The molecule has 0 bridgehead atoms. The third-order valence-corrected chi connectivity index (χ3v) is 6.17. The average molecular weight is 310 g/mol. The van der Waals surface area contributed by atoms with Crippen LogP contribution in [0, 0.1) is 6.92 Å². The Kier molecular flexibility index (Phi) is 5.79. The molecular formula is C16H26N2O2S. The quantitative estimate of drug-likeness (QED) is 0.822. The summed E-state index contributed by atoms with van der Waals surface area (Å²) >= 11 is 0. The highest BCUT2D eigenvalue weighted by Crippen LogP contribution is 2.26. The van der Waals surface area contributed by atoms with Crippen LogP contribution in [0.25, 0.3) is 0 Å². The molecule has 21 heavy (non-hydrogen) atoms. The van der Waals surface area contributed by atoms with Gasteiger partial charge in [-0.25, -0.2) is 8.42 Å². The summed E-state index contributed by atoms with van der Waals surface area (Å²) in [6, 6.07) is 7.34. The molecule has 1 unspecified atom stereocenters. The van der Waals surface area contributed by atoms with Gasteiger partial charge in [0.05, 0.1) is 4.90 Å². The molecule has 1 aromatic carbocycles. The van der Waals surface area contributed by atoms with E-state index in [1.807, 2.05) is 19.1 Å². The molecule has 1 aliphatic heterocycles. The number of hydrogen-bond acceptors (Lipinski definition) is 3. The van der Waals surface area contributed by atoms with Crippen molar-refractivity contribution in [2.24, 2.45) is 0 Å². The lowest BCUT2D eigenvalue weighted by molar-refractivity contribution is 0.246. The van der Waals surface area contributed by atoms with E-state index >= 15 is 0 Å². The van der Waals surface area contributed by atoms with Crippen molar-refractivity contribution in [3.05, 3.63) is 29.8 Å². The van der Waals surface area contributed by atoms with E-state index in [0.29, 0.717) is 11.4 Å². The maximum atomic E-state index is 12.9. The number of rotatable bonds is 6. The lowest BCUT2D eigenvalue weighted by Gasteiger charge is -2.35. The first-order valence-electron chi connectivity index (χ1n) is 7.85. The number of benzene rings is 1. The second kappa shape index (κ2) is 7.38. The van der Waals surface area contributed by atoms with Gasteiger partial charge in [-0.1, -0.05) is 31.5 Å². The van der Waals surface area contributed by atoms with Crippen molar-refractivity contribution in [3.8, 4) is 0 Å². The van der Waals surface area contributed by atoms with Crippen LogP contribution in [0.1, 0.15) is 38.2 Å². The molecule has 0 saturated carbocycles. The van der Waals surface area contributed by atoms with E-state index in [4.69, 9.17) is 0 Å². The topological polar surface area (TPSA) is 49.4 Å². The number of nitrogens with zero attached hydrogens (tertiary/aromatic N) is 1. The Labute approximate surface area is 128 Å².